The molecule has 1 aromatic rings. The SMILES string of the molecule is CCC(NC(C)CSC)c1ccc(OC)c(OC)c1. The van der Waals surface area contributed by atoms with Gasteiger partial charge in [-0.15, -0.1) is 0 Å². The molecule has 1 N–H and O–H groups in total. The second kappa shape index (κ2) is 8.33. The van der Waals surface area contributed by atoms with Gasteiger partial charge in [0.25, 0.3) is 0 Å². The summed E-state index contributed by atoms with van der Waals surface area (Å²) < 4.78 is 10.6. The fraction of sp³-hybridized carbons (Fsp3) is 0.600. The fourth-order valence-corrected chi connectivity index (χ4v) is 2.76. The second-order valence-corrected chi connectivity index (χ2v) is 5.51. The van der Waals surface area contributed by atoms with Crippen LogP contribution in [0.1, 0.15) is 31.9 Å². The van der Waals surface area contributed by atoms with Gasteiger partial charge in [0, 0.05) is 17.8 Å². The van der Waals surface area contributed by atoms with Gasteiger partial charge in [-0.3, -0.25) is 0 Å². The van der Waals surface area contributed by atoms with Crippen LogP contribution in [0.15, 0.2) is 18.2 Å². The molecule has 0 saturated carbocycles. The van der Waals surface area contributed by atoms with Crippen molar-refractivity contribution in [2.24, 2.45) is 0 Å². The van der Waals surface area contributed by atoms with Gasteiger partial charge >= 0.3 is 0 Å². The number of ether oxygens (including phenoxy) is 2. The van der Waals surface area contributed by atoms with Gasteiger partial charge in [-0.05, 0) is 37.3 Å². The van der Waals surface area contributed by atoms with E-state index in [1.807, 2.05) is 17.8 Å². The van der Waals surface area contributed by atoms with E-state index >= 15 is 0 Å². The Kier molecular flexibility index (Phi) is 7.10. The van der Waals surface area contributed by atoms with Gasteiger partial charge < -0.3 is 14.8 Å². The van der Waals surface area contributed by atoms with Crippen molar-refractivity contribution in [2.75, 3.05) is 26.2 Å². The Labute approximate surface area is 121 Å². The van der Waals surface area contributed by atoms with E-state index in [1.165, 1.54) is 5.56 Å². The molecular weight excluding hydrogens is 258 g/mol. The largest absolute Gasteiger partial charge is 0.493 e. The summed E-state index contributed by atoms with van der Waals surface area (Å²) in [5.74, 6) is 2.68. The van der Waals surface area contributed by atoms with Crippen LogP contribution in [-0.2, 0) is 0 Å². The topological polar surface area (TPSA) is 30.5 Å². The minimum absolute atomic E-state index is 0.349. The van der Waals surface area contributed by atoms with Crippen molar-refractivity contribution in [2.45, 2.75) is 32.4 Å². The van der Waals surface area contributed by atoms with Crippen molar-refractivity contribution in [3.63, 3.8) is 0 Å². The number of methoxy groups -OCH3 is 2. The molecule has 0 heterocycles. The zero-order chi connectivity index (χ0) is 14.3. The highest BCUT2D eigenvalue weighted by atomic mass is 32.2. The van der Waals surface area contributed by atoms with Crippen LogP contribution in [0.5, 0.6) is 11.5 Å². The molecule has 0 radical (unpaired) electrons. The lowest BCUT2D eigenvalue weighted by Gasteiger charge is -2.23. The molecular formula is C15H25NO2S. The third-order valence-corrected chi connectivity index (χ3v) is 3.95. The van der Waals surface area contributed by atoms with E-state index < -0.39 is 0 Å². The zero-order valence-electron chi connectivity index (χ0n) is 12.5. The smallest absolute Gasteiger partial charge is 0.161 e. The molecule has 108 valence electrons. The minimum Gasteiger partial charge on any atom is -0.493 e. The molecule has 3 nitrogen and oxygen atoms in total. The van der Waals surface area contributed by atoms with Gasteiger partial charge in [-0.1, -0.05) is 13.0 Å². The lowest BCUT2D eigenvalue weighted by molar-refractivity contribution is 0.353. The van der Waals surface area contributed by atoms with E-state index in [2.05, 4.69) is 37.6 Å². The van der Waals surface area contributed by atoms with Crippen LogP contribution in [0.4, 0.5) is 0 Å². The first kappa shape index (κ1) is 16.2. The molecule has 0 aliphatic heterocycles. The average Bonchev–Trinajstić information content (AvgIpc) is 2.44. The number of benzene rings is 1. The maximum Gasteiger partial charge on any atom is 0.161 e. The molecule has 1 rings (SSSR count). The number of nitrogens with one attached hydrogen (secondary N) is 1. The number of hydrogen-bond donors (Lipinski definition) is 1. The molecule has 4 heteroatoms. The van der Waals surface area contributed by atoms with Crippen LogP contribution < -0.4 is 14.8 Å². The van der Waals surface area contributed by atoms with E-state index in [0.717, 1.165) is 23.7 Å². The Morgan fingerprint density at radius 2 is 1.89 bits per heavy atom. The molecule has 0 spiro atoms. The van der Waals surface area contributed by atoms with E-state index in [1.54, 1.807) is 14.2 Å². The van der Waals surface area contributed by atoms with Gasteiger partial charge in [-0.25, -0.2) is 0 Å². The van der Waals surface area contributed by atoms with Gasteiger partial charge in [0.1, 0.15) is 0 Å². The first-order valence-electron chi connectivity index (χ1n) is 6.63. The predicted molar refractivity (Wildman–Crippen MR) is 83.6 cm³/mol. The lowest BCUT2D eigenvalue weighted by Crippen LogP contribution is -2.32. The summed E-state index contributed by atoms with van der Waals surface area (Å²) >= 11 is 1.86. The van der Waals surface area contributed by atoms with Gasteiger partial charge in [0.05, 0.1) is 14.2 Å². The Balaban J connectivity index is 2.86. The van der Waals surface area contributed by atoms with Crippen LogP contribution in [0, 0.1) is 0 Å². The summed E-state index contributed by atoms with van der Waals surface area (Å²) in [5, 5.41) is 3.66. The summed E-state index contributed by atoms with van der Waals surface area (Å²) in [6, 6.07) is 6.98. The van der Waals surface area contributed by atoms with E-state index in [4.69, 9.17) is 9.47 Å². The fourth-order valence-electron chi connectivity index (χ4n) is 2.16. The zero-order valence-corrected chi connectivity index (χ0v) is 13.3. The summed E-state index contributed by atoms with van der Waals surface area (Å²) in [6.07, 6.45) is 3.18. The Hall–Kier alpha value is -0.870. The lowest BCUT2D eigenvalue weighted by atomic mass is 10.0. The molecule has 0 aromatic heterocycles. The molecule has 0 bridgehead atoms. The number of thioether (sulfide) groups is 1. The predicted octanol–water partition coefficient (Wildman–Crippen LogP) is 3.50. The molecule has 19 heavy (non-hydrogen) atoms. The van der Waals surface area contributed by atoms with Crippen molar-refractivity contribution < 1.29 is 9.47 Å². The number of rotatable bonds is 8. The molecule has 2 unspecified atom stereocenters. The summed E-state index contributed by atoms with van der Waals surface area (Å²) in [5.41, 5.74) is 1.24. The van der Waals surface area contributed by atoms with Crippen molar-refractivity contribution in [1.82, 2.24) is 5.32 Å². The molecule has 0 fully saturated rings. The van der Waals surface area contributed by atoms with Crippen LogP contribution in [0.2, 0.25) is 0 Å². The van der Waals surface area contributed by atoms with E-state index in [0.29, 0.717) is 12.1 Å². The highest BCUT2D eigenvalue weighted by Gasteiger charge is 2.14. The first-order chi connectivity index (χ1) is 9.15. The Morgan fingerprint density at radius 1 is 1.21 bits per heavy atom. The molecule has 0 aliphatic rings. The summed E-state index contributed by atoms with van der Waals surface area (Å²) in [6.45, 7) is 4.42. The van der Waals surface area contributed by atoms with Crippen LogP contribution in [-0.4, -0.2) is 32.3 Å². The molecule has 2 atom stereocenters. The first-order valence-corrected chi connectivity index (χ1v) is 8.02. The molecule has 0 saturated heterocycles. The Morgan fingerprint density at radius 3 is 2.42 bits per heavy atom. The minimum atomic E-state index is 0.349. The second-order valence-electron chi connectivity index (χ2n) is 4.60. The van der Waals surface area contributed by atoms with E-state index in [9.17, 15) is 0 Å². The third-order valence-electron chi connectivity index (χ3n) is 3.12. The van der Waals surface area contributed by atoms with Crippen LogP contribution >= 0.6 is 11.8 Å². The number of hydrogen-bond acceptors (Lipinski definition) is 4. The van der Waals surface area contributed by atoms with Gasteiger partial charge in [0.15, 0.2) is 11.5 Å². The summed E-state index contributed by atoms with van der Waals surface area (Å²) in [7, 11) is 3.33. The van der Waals surface area contributed by atoms with E-state index in [-0.39, 0.29) is 0 Å². The van der Waals surface area contributed by atoms with Crippen LogP contribution in [0.3, 0.4) is 0 Å². The van der Waals surface area contributed by atoms with Crippen molar-refractivity contribution >= 4 is 11.8 Å². The summed E-state index contributed by atoms with van der Waals surface area (Å²) in [4.78, 5) is 0. The molecule has 0 aliphatic carbocycles. The molecule has 1 aromatic carbocycles. The van der Waals surface area contributed by atoms with Gasteiger partial charge in [-0.2, -0.15) is 11.8 Å². The molecule has 0 amide bonds. The maximum absolute atomic E-state index is 5.37. The quantitative estimate of drug-likeness (QED) is 0.791. The standard InChI is InChI=1S/C15H25NO2S/c1-6-13(16-11(2)10-19-5)12-7-8-14(17-3)15(9-12)18-4/h7-9,11,13,16H,6,10H2,1-5H3. The Bertz CT molecular complexity index is 384. The third kappa shape index (κ3) is 4.62. The van der Waals surface area contributed by atoms with Gasteiger partial charge in [0.2, 0.25) is 0 Å². The maximum atomic E-state index is 5.37. The average molecular weight is 283 g/mol. The normalized spacial score (nSPS) is 13.9. The van der Waals surface area contributed by atoms with Crippen molar-refractivity contribution in [1.29, 1.82) is 0 Å². The highest BCUT2D eigenvalue weighted by molar-refractivity contribution is 7.98. The monoisotopic (exact) mass is 283 g/mol. The highest BCUT2D eigenvalue weighted by Crippen LogP contribution is 2.31. The van der Waals surface area contributed by atoms with Crippen LogP contribution in [0.25, 0.3) is 0 Å². The van der Waals surface area contributed by atoms with Crippen molar-refractivity contribution in [3.05, 3.63) is 23.8 Å². The van der Waals surface area contributed by atoms with Crippen molar-refractivity contribution in [3.8, 4) is 11.5 Å².